The molecule has 1 heterocycles. The summed E-state index contributed by atoms with van der Waals surface area (Å²) in [5.74, 6) is -1.23. The van der Waals surface area contributed by atoms with Gasteiger partial charge in [0.1, 0.15) is 5.15 Å². The number of halogens is 2. The van der Waals surface area contributed by atoms with Crippen molar-refractivity contribution >= 4 is 40.8 Å². The molecule has 0 saturated heterocycles. The van der Waals surface area contributed by atoms with Crippen LogP contribution in [0.1, 0.15) is 16.1 Å². The molecule has 1 N–H and O–H groups in total. The molecule has 7 heteroatoms. The monoisotopic (exact) mass is 338 g/mol. The molecule has 2 rings (SSSR count). The number of nitrogens with zero attached hydrogens (tertiary/aromatic N) is 1. The van der Waals surface area contributed by atoms with Gasteiger partial charge in [0.2, 0.25) is 0 Å². The fourth-order valence-electron chi connectivity index (χ4n) is 1.70. The Bertz CT molecular complexity index is 699. The number of anilines is 1. The van der Waals surface area contributed by atoms with E-state index in [4.69, 9.17) is 27.9 Å². The predicted octanol–water partition coefficient (Wildman–Crippen LogP) is 3.49. The van der Waals surface area contributed by atoms with Crippen LogP contribution in [0, 0.1) is 6.92 Å². The Morgan fingerprint density at radius 2 is 2.00 bits per heavy atom. The Labute approximate surface area is 137 Å². The van der Waals surface area contributed by atoms with Gasteiger partial charge in [0, 0.05) is 10.7 Å². The molecule has 0 radical (unpaired) electrons. The Balaban J connectivity index is 1.92. The number of benzene rings is 1. The molecule has 0 unspecified atom stereocenters. The largest absolute Gasteiger partial charge is 0.451 e. The molecule has 0 aliphatic heterocycles. The van der Waals surface area contributed by atoms with Crippen LogP contribution in [0.15, 0.2) is 36.4 Å². The summed E-state index contributed by atoms with van der Waals surface area (Å²) in [4.78, 5) is 27.3. The number of nitrogens with one attached hydrogen (secondary N) is 1. The van der Waals surface area contributed by atoms with Crippen molar-refractivity contribution in [3.63, 3.8) is 0 Å². The van der Waals surface area contributed by atoms with Crippen molar-refractivity contribution in [2.75, 3.05) is 11.9 Å². The highest BCUT2D eigenvalue weighted by Crippen LogP contribution is 2.16. The van der Waals surface area contributed by atoms with Crippen LogP contribution in [0.5, 0.6) is 0 Å². The number of ether oxygens (including phenoxy) is 1. The second kappa shape index (κ2) is 7.24. The van der Waals surface area contributed by atoms with E-state index < -0.39 is 18.5 Å². The minimum Gasteiger partial charge on any atom is -0.451 e. The number of amides is 1. The van der Waals surface area contributed by atoms with Crippen LogP contribution < -0.4 is 5.32 Å². The van der Waals surface area contributed by atoms with Crippen LogP contribution in [-0.4, -0.2) is 23.5 Å². The number of rotatable bonds is 4. The van der Waals surface area contributed by atoms with E-state index in [2.05, 4.69) is 10.3 Å². The van der Waals surface area contributed by atoms with E-state index >= 15 is 0 Å². The van der Waals surface area contributed by atoms with Crippen molar-refractivity contribution in [3.8, 4) is 0 Å². The minimum atomic E-state index is -0.774. The van der Waals surface area contributed by atoms with Gasteiger partial charge in [-0.2, -0.15) is 0 Å². The molecular formula is C15H12Cl2N2O3. The minimum absolute atomic E-state index is 0.0548. The van der Waals surface area contributed by atoms with Gasteiger partial charge in [0.05, 0.1) is 0 Å². The lowest BCUT2D eigenvalue weighted by atomic mass is 10.2. The standard InChI is InChI=1S/C15H12Cl2N2O3/c1-9-3-2-4-11(5-9)18-14(20)8-22-15(21)12-6-10(16)7-13(17)19-12/h2-7H,8H2,1H3,(H,18,20). The molecule has 0 atom stereocenters. The number of hydrogen-bond donors (Lipinski definition) is 1. The summed E-state index contributed by atoms with van der Waals surface area (Å²) in [7, 11) is 0. The first-order valence-corrected chi connectivity index (χ1v) is 7.06. The summed E-state index contributed by atoms with van der Waals surface area (Å²) in [6.07, 6.45) is 0. The zero-order valence-electron chi connectivity index (χ0n) is 11.6. The van der Waals surface area contributed by atoms with Gasteiger partial charge < -0.3 is 10.1 Å². The summed E-state index contributed by atoms with van der Waals surface area (Å²) in [5.41, 5.74) is 1.58. The van der Waals surface area contributed by atoms with Crippen molar-refractivity contribution < 1.29 is 14.3 Å². The third-order valence-corrected chi connectivity index (χ3v) is 3.02. The van der Waals surface area contributed by atoms with Crippen molar-refractivity contribution in [1.29, 1.82) is 0 Å². The van der Waals surface area contributed by atoms with Crippen LogP contribution >= 0.6 is 23.2 Å². The average molecular weight is 339 g/mol. The molecule has 0 bridgehead atoms. The third kappa shape index (κ3) is 4.72. The number of carbonyl (C=O) groups excluding carboxylic acids is 2. The second-order valence-corrected chi connectivity index (χ2v) is 5.31. The topological polar surface area (TPSA) is 68.3 Å². The quantitative estimate of drug-likeness (QED) is 0.684. The maximum absolute atomic E-state index is 11.8. The highest BCUT2D eigenvalue weighted by molar-refractivity contribution is 6.34. The summed E-state index contributed by atoms with van der Waals surface area (Å²) < 4.78 is 4.87. The normalized spacial score (nSPS) is 10.1. The van der Waals surface area contributed by atoms with Crippen LogP contribution in [0.2, 0.25) is 10.2 Å². The van der Waals surface area contributed by atoms with Gasteiger partial charge >= 0.3 is 5.97 Å². The molecule has 22 heavy (non-hydrogen) atoms. The molecule has 0 fully saturated rings. The van der Waals surface area contributed by atoms with E-state index in [1.165, 1.54) is 12.1 Å². The Morgan fingerprint density at radius 3 is 2.68 bits per heavy atom. The fraction of sp³-hybridized carbons (Fsp3) is 0.133. The molecule has 0 spiro atoms. The van der Waals surface area contributed by atoms with E-state index in [1.807, 2.05) is 19.1 Å². The molecule has 0 aliphatic rings. The van der Waals surface area contributed by atoms with Crippen LogP contribution in [0.25, 0.3) is 0 Å². The van der Waals surface area contributed by atoms with Gasteiger partial charge in [-0.05, 0) is 36.8 Å². The molecule has 0 aliphatic carbocycles. The summed E-state index contributed by atoms with van der Waals surface area (Å²) >= 11 is 11.5. The predicted molar refractivity (Wildman–Crippen MR) is 84.3 cm³/mol. The van der Waals surface area contributed by atoms with E-state index in [-0.39, 0.29) is 15.9 Å². The van der Waals surface area contributed by atoms with E-state index in [1.54, 1.807) is 12.1 Å². The molecule has 0 saturated carbocycles. The highest BCUT2D eigenvalue weighted by atomic mass is 35.5. The first-order chi connectivity index (χ1) is 10.4. The van der Waals surface area contributed by atoms with Crippen LogP contribution in [0.4, 0.5) is 5.69 Å². The number of aromatic nitrogens is 1. The zero-order valence-corrected chi connectivity index (χ0v) is 13.1. The second-order valence-electron chi connectivity index (χ2n) is 4.49. The third-order valence-electron chi connectivity index (χ3n) is 2.60. The van der Waals surface area contributed by atoms with Crippen molar-refractivity contribution in [2.45, 2.75) is 6.92 Å². The molecule has 2 aromatic rings. The summed E-state index contributed by atoms with van der Waals surface area (Å²) in [6, 6.07) is 9.97. The molecule has 114 valence electrons. The number of carbonyl (C=O) groups is 2. The zero-order chi connectivity index (χ0) is 16.1. The lowest BCUT2D eigenvalue weighted by molar-refractivity contribution is -0.119. The van der Waals surface area contributed by atoms with Gasteiger partial charge in [-0.3, -0.25) is 4.79 Å². The highest BCUT2D eigenvalue weighted by Gasteiger charge is 2.13. The number of esters is 1. The first-order valence-electron chi connectivity index (χ1n) is 6.31. The number of hydrogen-bond acceptors (Lipinski definition) is 4. The molecule has 5 nitrogen and oxygen atoms in total. The van der Waals surface area contributed by atoms with Gasteiger partial charge in [0.25, 0.3) is 5.91 Å². The smallest absolute Gasteiger partial charge is 0.357 e. The van der Waals surface area contributed by atoms with Gasteiger partial charge in [-0.15, -0.1) is 0 Å². The molecule has 1 aromatic carbocycles. The van der Waals surface area contributed by atoms with E-state index in [0.717, 1.165) is 5.56 Å². The van der Waals surface area contributed by atoms with Gasteiger partial charge in [-0.25, -0.2) is 9.78 Å². The van der Waals surface area contributed by atoms with E-state index in [9.17, 15) is 9.59 Å². The van der Waals surface area contributed by atoms with Crippen molar-refractivity contribution in [2.24, 2.45) is 0 Å². The lowest BCUT2D eigenvalue weighted by Crippen LogP contribution is -2.21. The SMILES string of the molecule is Cc1cccc(NC(=O)COC(=O)c2cc(Cl)cc(Cl)n2)c1. The summed E-state index contributed by atoms with van der Waals surface area (Å²) in [5, 5.41) is 2.96. The Morgan fingerprint density at radius 1 is 1.23 bits per heavy atom. The van der Waals surface area contributed by atoms with Gasteiger partial charge in [-0.1, -0.05) is 35.3 Å². The molecule has 1 amide bonds. The van der Waals surface area contributed by atoms with Crippen LogP contribution in [-0.2, 0) is 9.53 Å². The maximum Gasteiger partial charge on any atom is 0.357 e. The van der Waals surface area contributed by atoms with E-state index in [0.29, 0.717) is 5.69 Å². The average Bonchev–Trinajstić information content (AvgIpc) is 2.43. The maximum atomic E-state index is 11.8. The van der Waals surface area contributed by atoms with Gasteiger partial charge in [0.15, 0.2) is 12.3 Å². The Hall–Kier alpha value is -2.11. The molecular weight excluding hydrogens is 327 g/mol. The number of aryl methyl sites for hydroxylation is 1. The van der Waals surface area contributed by atoms with Crippen molar-refractivity contribution in [1.82, 2.24) is 4.98 Å². The summed E-state index contributed by atoms with van der Waals surface area (Å²) in [6.45, 7) is 1.48. The fourth-order valence-corrected chi connectivity index (χ4v) is 2.17. The number of pyridine rings is 1. The first kappa shape index (κ1) is 16.3. The lowest BCUT2D eigenvalue weighted by Gasteiger charge is -2.07. The molecule has 1 aromatic heterocycles. The van der Waals surface area contributed by atoms with Crippen LogP contribution in [0.3, 0.4) is 0 Å². The Kier molecular flexibility index (Phi) is 5.35. The van der Waals surface area contributed by atoms with Crippen molar-refractivity contribution in [3.05, 3.63) is 57.8 Å².